The van der Waals surface area contributed by atoms with Crippen molar-refractivity contribution in [3.05, 3.63) is 65.5 Å². The van der Waals surface area contributed by atoms with Gasteiger partial charge in [-0.05, 0) is 5.56 Å². The Bertz CT molecular complexity index is 711. The van der Waals surface area contributed by atoms with Gasteiger partial charge in [0, 0.05) is 12.1 Å². The molecule has 1 amide bonds. The summed E-state index contributed by atoms with van der Waals surface area (Å²) in [4.78, 5) is 12.0. The van der Waals surface area contributed by atoms with Crippen LogP contribution in [0, 0.1) is 28.8 Å². The van der Waals surface area contributed by atoms with Crippen LogP contribution in [0.3, 0.4) is 0 Å². The maximum Gasteiger partial charge on any atom is 0.246 e. The van der Waals surface area contributed by atoms with Gasteiger partial charge in [-0.1, -0.05) is 30.3 Å². The van der Waals surface area contributed by atoms with Crippen molar-refractivity contribution in [1.29, 1.82) is 5.26 Å². The third-order valence-corrected chi connectivity index (χ3v) is 2.78. The van der Waals surface area contributed by atoms with Gasteiger partial charge in [-0.25, -0.2) is 13.2 Å². The first kappa shape index (κ1) is 14.6. The predicted molar refractivity (Wildman–Crippen MR) is 69.7 cm³/mol. The van der Waals surface area contributed by atoms with Crippen LogP contribution in [-0.2, 0) is 4.79 Å². The summed E-state index contributed by atoms with van der Waals surface area (Å²) in [6, 6.07) is 10.9. The molecule has 1 atom stereocenters. The maximum absolute atomic E-state index is 13.5. The van der Waals surface area contributed by atoms with Crippen LogP contribution in [0.5, 0.6) is 0 Å². The molecule has 0 aliphatic heterocycles. The quantitative estimate of drug-likeness (QED) is 0.881. The molecule has 2 aromatic rings. The molecule has 0 heterocycles. The third-order valence-electron chi connectivity index (χ3n) is 2.78. The molecule has 0 saturated carbocycles. The van der Waals surface area contributed by atoms with Gasteiger partial charge in [-0.2, -0.15) is 5.26 Å². The van der Waals surface area contributed by atoms with Crippen LogP contribution >= 0.6 is 0 Å². The minimum Gasteiger partial charge on any atom is -0.322 e. The van der Waals surface area contributed by atoms with E-state index in [9.17, 15) is 18.0 Å². The van der Waals surface area contributed by atoms with Crippen LogP contribution in [0.15, 0.2) is 42.5 Å². The van der Waals surface area contributed by atoms with Crippen molar-refractivity contribution in [2.75, 3.05) is 5.32 Å². The van der Waals surface area contributed by atoms with Crippen LogP contribution in [0.2, 0.25) is 0 Å². The maximum atomic E-state index is 13.5. The number of amides is 1. The number of rotatable bonds is 3. The molecule has 0 saturated heterocycles. The molecule has 0 fully saturated rings. The topological polar surface area (TPSA) is 52.9 Å². The fraction of sp³-hybridized carbons (Fsp3) is 0.0667. The molecule has 1 unspecified atom stereocenters. The molecule has 3 nitrogen and oxygen atoms in total. The Labute approximate surface area is 118 Å². The van der Waals surface area contributed by atoms with Crippen LogP contribution in [-0.4, -0.2) is 5.91 Å². The van der Waals surface area contributed by atoms with E-state index in [1.807, 2.05) is 5.32 Å². The lowest BCUT2D eigenvalue weighted by molar-refractivity contribution is -0.116. The van der Waals surface area contributed by atoms with E-state index in [1.165, 1.54) is 0 Å². The minimum absolute atomic E-state index is 0.365. The summed E-state index contributed by atoms with van der Waals surface area (Å²) in [6.07, 6.45) is 0. The normalized spacial score (nSPS) is 11.5. The fourth-order valence-electron chi connectivity index (χ4n) is 1.78. The van der Waals surface area contributed by atoms with Crippen molar-refractivity contribution in [3.8, 4) is 6.07 Å². The minimum atomic E-state index is -1.42. The standard InChI is InChI=1S/C15H9F3N2O/c16-10-6-12(17)14(18)13(7-10)20-15(21)11(8-19)9-4-2-1-3-5-9/h1-7,11H,(H,20,21). The number of carbonyl (C=O) groups excluding carboxylic acids is 1. The molecule has 0 aliphatic rings. The Morgan fingerprint density at radius 3 is 2.43 bits per heavy atom. The largest absolute Gasteiger partial charge is 0.322 e. The number of nitrogens with one attached hydrogen (secondary N) is 1. The molecule has 0 aromatic heterocycles. The second-order valence-electron chi connectivity index (χ2n) is 4.21. The van der Waals surface area contributed by atoms with E-state index in [0.29, 0.717) is 17.7 Å². The first-order valence-electron chi connectivity index (χ1n) is 5.93. The first-order chi connectivity index (χ1) is 10.0. The van der Waals surface area contributed by atoms with E-state index in [-0.39, 0.29) is 0 Å². The summed E-state index contributed by atoms with van der Waals surface area (Å²) in [6.45, 7) is 0. The molecule has 0 aliphatic carbocycles. The second kappa shape index (κ2) is 6.09. The summed E-state index contributed by atoms with van der Waals surface area (Å²) in [5.74, 6) is -5.91. The first-order valence-corrected chi connectivity index (χ1v) is 5.93. The lowest BCUT2D eigenvalue weighted by Crippen LogP contribution is -2.21. The summed E-state index contributed by atoms with van der Waals surface area (Å²) < 4.78 is 39.6. The highest BCUT2D eigenvalue weighted by Crippen LogP contribution is 2.22. The number of benzene rings is 2. The Hall–Kier alpha value is -2.81. The van der Waals surface area contributed by atoms with Crippen molar-refractivity contribution in [2.24, 2.45) is 0 Å². The van der Waals surface area contributed by atoms with Gasteiger partial charge in [0.2, 0.25) is 5.91 Å². The lowest BCUT2D eigenvalue weighted by Gasteiger charge is -2.11. The highest BCUT2D eigenvalue weighted by Gasteiger charge is 2.22. The average molecular weight is 290 g/mol. The van der Waals surface area contributed by atoms with E-state index < -0.39 is 35.0 Å². The van der Waals surface area contributed by atoms with Gasteiger partial charge < -0.3 is 5.32 Å². The average Bonchev–Trinajstić information content (AvgIpc) is 2.46. The van der Waals surface area contributed by atoms with Crippen molar-refractivity contribution >= 4 is 11.6 Å². The van der Waals surface area contributed by atoms with Gasteiger partial charge in [0.05, 0.1) is 11.8 Å². The van der Waals surface area contributed by atoms with Crippen LogP contribution in [0.4, 0.5) is 18.9 Å². The number of carbonyl (C=O) groups is 1. The molecule has 0 radical (unpaired) electrons. The number of anilines is 1. The fourth-order valence-corrected chi connectivity index (χ4v) is 1.78. The van der Waals surface area contributed by atoms with Gasteiger partial charge >= 0.3 is 0 Å². The van der Waals surface area contributed by atoms with Crippen molar-refractivity contribution < 1.29 is 18.0 Å². The van der Waals surface area contributed by atoms with Gasteiger partial charge in [-0.3, -0.25) is 4.79 Å². The molecule has 2 aromatic carbocycles. The third kappa shape index (κ3) is 3.20. The van der Waals surface area contributed by atoms with Gasteiger partial charge in [0.15, 0.2) is 17.6 Å². The zero-order valence-electron chi connectivity index (χ0n) is 10.6. The number of hydrogen-bond acceptors (Lipinski definition) is 2. The highest BCUT2D eigenvalue weighted by atomic mass is 19.2. The van der Waals surface area contributed by atoms with E-state index >= 15 is 0 Å². The summed E-state index contributed by atoms with van der Waals surface area (Å²) in [5, 5.41) is 11.1. The SMILES string of the molecule is N#CC(C(=O)Nc1cc(F)cc(F)c1F)c1ccccc1. The molecule has 0 bridgehead atoms. The number of halogens is 3. The van der Waals surface area contributed by atoms with E-state index in [4.69, 9.17) is 5.26 Å². The van der Waals surface area contributed by atoms with E-state index in [1.54, 1.807) is 36.4 Å². The smallest absolute Gasteiger partial charge is 0.246 e. The van der Waals surface area contributed by atoms with E-state index in [2.05, 4.69) is 0 Å². The van der Waals surface area contributed by atoms with Crippen molar-refractivity contribution in [1.82, 2.24) is 0 Å². The van der Waals surface area contributed by atoms with Gasteiger partial charge in [0.1, 0.15) is 5.82 Å². The number of nitriles is 1. The van der Waals surface area contributed by atoms with Gasteiger partial charge in [0.25, 0.3) is 0 Å². The number of nitrogens with zero attached hydrogens (tertiary/aromatic N) is 1. The van der Waals surface area contributed by atoms with Crippen molar-refractivity contribution in [2.45, 2.75) is 5.92 Å². The van der Waals surface area contributed by atoms with Crippen LogP contribution < -0.4 is 5.32 Å². The lowest BCUT2D eigenvalue weighted by atomic mass is 10.00. The molecular weight excluding hydrogens is 281 g/mol. The highest BCUT2D eigenvalue weighted by molar-refractivity contribution is 5.97. The Morgan fingerprint density at radius 1 is 1.14 bits per heavy atom. The monoisotopic (exact) mass is 290 g/mol. The molecule has 21 heavy (non-hydrogen) atoms. The molecular formula is C15H9F3N2O. The number of hydrogen-bond donors (Lipinski definition) is 1. The summed E-state index contributed by atoms with van der Waals surface area (Å²) in [7, 11) is 0. The molecule has 6 heteroatoms. The Morgan fingerprint density at radius 2 is 1.81 bits per heavy atom. The summed E-state index contributed by atoms with van der Waals surface area (Å²) >= 11 is 0. The van der Waals surface area contributed by atoms with Crippen molar-refractivity contribution in [3.63, 3.8) is 0 Å². The van der Waals surface area contributed by atoms with Gasteiger partial charge in [-0.15, -0.1) is 0 Å². The second-order valence-corrected chi connectivity index (χ2v) is 4.21. The zero-order chi connectivity index (χ0) is 15.4. The van der Waals surface area contributed by atoms with E-state index in [0.717, 1.165) is 0 Å². The summed E-state index contributed by atoms with van der Waals surface area (Å²) in [5.41, 5.74) is -0.247. The van der Waals surface area contributed by atoms with Crippen LogP contribution in [0.25, 0.3) is 0 Å². The molecule has 1 N–H and O–H groups in total. The molecule has 2 rings (SSSR count). The molecule has 106 valence electrons. The Balaban J connectivity index is 2.28. The predicted octanol–water partition coefficient (Wildman–Crippen LogP) is 3.35. The van der Waals surface area contributed by atoms with Crippen LogP contribution in [0.1, 0.15) is 11.5 Å². The Kier molecular flexibility index (Phi) is 4.24. The zero-order valence-corrected chi connectivity index (χ0v) is 10.6. The molecule has 0 spiro atoms.